The lowest BCUT2D eigenvalue weighted by molar-refractivity contribution is -0.116. The highest BCUT2D eigenvalue weighted by Crippen LogP contribution is 2.27. The van der Waals surface area contributed by atoms with Crippen LogP contribution < -0.4 is 15.5 Å². The first kappa shape index (κ1) is 15.8. The lowest BCUT2D eigenvalue weighted by Gasteiger charge is -2.12. The van der Waals surface area contributed by atoms with Crippen LogP contribution in [0.15, 0.2) is 48.5 Å². The smallest absolute Gasteiger partial charge is 0.328 e. The molecule has 0 unspecified atom stereocenters. The van der Waals surface area contributed by atoms with Crippen molar-refractivity contribution >= 4 is 40.3 Å². The van der Waals surface area contributed by atoms with Crippen LogP contribution in [0.4, 0.5) is 16.3 Å². The molecule has 0 radical (unpaired) electrons. The predicted molar refractivity (Wildman–Crippen MR) is 95.8 cm³/mol. The molecule has 3 N–H and O–H groups in total. The molecule has 0 bridgehead atoms. The summed E-state index contributed by atoms with van der Waals surface area (Å²) in [4.78, 5) is 37.0. The fourth-order valence-electron chi connectivity index (χ4n) is 2.88. The first-order valence-corrected chi connectivity index (χ1v) is 8.04. The van der Waals surface area contributed by atoms with E-state index in [9.17, 15) is 14.4 Å². The Morgan fingerprint density at radius 3 is 2.69 bits per heavy atom. The zero-order valence-electron chi connectivity index (χ0n) is 13.7. The fourth-order valence-corrected chi connectivity index (χ4v) is 2.88. The maximum absolute atomic E-state index is 12.3. The summed E-state index contributed by atoms with van der Waals surface area (Å²) in [6, 6.07) is 13.9. The third kappa shape index (κ3) is 2.88. The van der Waals surface area contributed by atoms with Gasteiger partial charge < -0.3 is 10.6 Å². The van der Waals surface area contributed by atoms with E-state index in [1.807, 2.05) is 30.3 Å². The minimum atomic E-state index is -0.465. The van der Waals surface area contributed by atoms with Crippen molar-refractivity contribution in [3.63, 3.8) is 0 Å². The Kier molecular flexibility index (Phi) is 3.85. The van der Waals surface area contributed by atoms with Crippen LogP contribution in [0.25, 0.3) is 10.9 Å². The molecule has 0 spiro atoms. The maximum Gasteiger partial charge on any atom is 0.329 e. The van der Waals surface area contributed by atoms with Gasteiger partial charge in [-0.15, -0.1) is 0 Å². The molecule has 8 heteroatoms. The van der Waals surface area contributed by atoms with Crippen LogP contribution in [0.3, 0.4) is 0 Å². The molecule has 0 atom stereocenters. The summed E-state index contributed by atoms with van der Waals surface area (Å²) in [5.74, 6) is -0.174. The van der Waals surface area contributed by atoms with Gasteiger partial charge in [0.25, 0.3) is 5.91 Å². The number of nitrogens with one attached hydrogen (secondary N) is 3. The molecule has 1 aliphatic rings. The van der Waals surface area contributed by atoms with Gasteiger partial charge in [-0.05, 0) is 23.8 Å². The number of carbonyl (C=O) groups excluding carboxylic acids is 3. The van der Waals surface area contributed by atoms with Crippen molar-refractivity contribution in [3.05, 3.63) is 54.1 Å². The normalized spacial score (nSPS) is 13.9. The topological polar surface area (TPSA) is 107 Å². The summed E-state index contributed by atoms with van der Waals surface area (Å²) >= 11 is 0. The van der Waals surface area contributed by atoms with Gasteiger partial charge in [0.15, 0.2) is 5.82 Å². The Balaban J connectivity index is 1.60. The molecule has 1 fully saturated rings. The molecule has 1 aliphatic heterocycles. The van der Waals surface area contributed by atoms with Crippen molar-refractivity contribution in [2.45, 2.75) is 6.42 Å². The number of aromatic amines is 1. The second-order valence-corrected chi connectivity index (χ2v) is 5.90. The van der Waals surface area contributed by atoms with Gasteiger partial charge in [-0.25, -0.2) is 9.69 Å². The average Bonchev–Trinajstić information content (AvgIpc) is 3.18. The number of nitrogens with zero attached hydrogens (tertiary/aromatic N) is 2. The van der Waals surface area contributed by atoms with E-state index in [-0.39, 0.29) is 24.8 Å². The number of hydrogen-bond acceptors (Lipinski definition) is 4. The standard InChI is InChI=1S/C18H15N5O3/c24-15(8-11-4-2-1-3-5-11)20-17-13-9-12(6-7-14(13)21-22-17)23-16(25)10-19-18(23)26/h1-7,9H,8,10H2,(H,19,26)(H2,20,21,22,24). The minimum absolute atomic E-state index is 0.0249. The van der Waals surface area contributed by atoms with Gasteiger partial charge in [0.1, 0.15) is 0 Å². The van der Waals surface area contributed by atoms with Crippen LogP contribution in [-0.2, 0) is 16.0 Å². The summed E-state index contributed by atoms with van der Waals surface area (Å²) in [5, 5.41) is 12.8. The van der Waals surface area contributed by atoms with Crippen LogP contribution >= 0.6 is 0 Å². The molecular formula is C18H15N5O3. The largest absolute Gasteiger partial charge is 0.329 e. The number of amides is 4. The monoisotopic (exact) mass is 349 g/mol. The number of urea groups is 1. The van der Waals surface area contributed by atoms with Crippen LogP contribution in [0.1, 0.15) is 5.56 Å². The zero-order valence-corrected chi connectivity index (χ0v) is 13.7. The second kappa shape index (κ2) is 6.32. The van der Waals surface area contributed by atoms with Gasteiger partial charge in [-0.1, -0.05) is 30.3 Å². The van der Waals surface area contributed by atoms with Crippen LogP contribution in [0, 0.1) is 0 Å². The minimum Gasteiger partial charge on any atom is -0.328 e. The molecule has 2 aromatic carbocycles. The molecule has 130 valence electrons. The first-order valence-electron chi connectivity index (χ1n) is 8.04. The number of carbonyl (C=O) groups is 3. The number of anilines is 2. The Hall–Kier alpha value is -3.68. The van der Waals surface area contributed by atoms with Gasteiger partial charge in [0.05, 0.1) is 24.2 Å². The molecule has 4 rings (SSSR count). The third-order valence-corrected chi connectivity index (χ3v) is 4.11. The summed E-state index contributed by atoms with van der Waals surface area (Å²) in [6.45, 7) is -0.0249. The summed E-state index contributed by atoms with van der Waals surface area (Å²) in [6.07, 6.45) is 0.224. The van der Waals surface area contributed by atoms with Crippen LogP contribution in [0.2, 0.25) is 0 Å². The Bertz CT molecular complexity index is 996. The molecule has 1 saturated heterocycles. The van der Waals surface area contributed by atoms with Gasteiger partial charge in [-0.3, -0.25) is 14.7 Å². The molecule has 8 nitrogen and oxygen atoms in total. The van der Waals surface area contributed by atoms with Gasteiger partial charge in [-0.2, -0.15) is 5.10 Å². The number of hydrogen-bond donors (Lipinski definition) is 3. The lowest BCUT2D eigenvalue weighted by atomic mass is 10.1. The van der Waals surface area contributed by atoms with Crippen LogP contribution in [-0.4, -0.2) is 34.6 Å². The number of fused-ring (bicyclic) bond motifs is 1. The molecule has 4 amide bonds. The Morgan fingerprint density at radius 2 is 1.96 bits per heavy atom. The van der Waals surface area contributed by atoms with Crippen molar-refractivity contribution in [1.29, 1.82) is 0 Å². The Labute approximate surface area is 148 Å². The van der Waals surface area contributed by atoms with E-state index in [4.69, 9.17) is 0 Å². The lowest BCUT2D eigenvalue weighted by Crippen LogP contribution is -2.30. The van der Waals surface area contributed by atoms with Crippen molar-refractivity contribution in [3.8, 4) is 0 Å². The third-order valence-electron chi connectivity index (χ3n) is 4.11. The van der Waals surface area contributed by atoms with E-state index in [1.54, 1.807) is 18.2 Å². The van der Waals surface area contributed by atoms with Crippen molar-refractivity contribution in [2.24, 2.45) is 0 Å². The van der Waals surface area contributed by atoms with Crippen LogP contribution in [0.5, 0.6) is 0 Å². The summed E-state index contributed by atoms with van der Waals surface area (Å²) in [5.41, 5.74) is 2.01. The predicted octanol–water partition coefficient (Wildman–Crippen LogP) is 1.80. The highest BCUT2D eigenvalue weighted by Gasteiger charge is 2.30. The van der Waals surface area contributed by atoms with E-state index in [2.05, 4.69) is 20.8 Å². The molecule has 0 aliphatic carbocycles. The van der Waals surface area contributed by atoms with Gasteiger partial charge in [0.2, 0.25) is 5.91 Å². The molecule has 1 aromatic heterocycles. The molecule has 0 saturated carbocycles. The number of aromatic nitrogens is 2. The van der Waals surface area contributed by atoms with Gasteiger partial charge >= 0.3 is 6.03 Å². The van der Waals surface area contributed by atoms with E-state index in [1.165, 1.54) is 0 Å². The summed E-state index contributed by atoms with van der Waals surface area (Å²) < 4.78 is 0. The Morgan fingerprint density at radius 1 is 1.15 bits per heavy atom. The van der Waals surface area contributed by atoms with Gasteiger partial charge in [0, 0.05) is 5.39 Å². The molecular weight excluding hydrogens is 334 g/mol. The number of benzene rings is 2. The van der Waals surface area contributed by atoms with Crippen molar-refractivity contribution < 1.29 is 14.4 Å². The van der Waals surface area contributed by atoms with E-state index in [0.717, 1.165) is 10.5 Å². The molecule has 2 heterocycles. The molecule has 3 aromatic rings. The second-order valence-electron chi connectivity index (χ2n) is 5.90. The number of H-pyrrole nitrogens is 1. The van der Waals surface area contributed by atoms with E-state index < -0.39 is 6.03 Å². The van der Waals surface area contributed by atoms with E-state index in [0.29, 0.717) is 22.4 Å². The summed E-state index contributed by atoms with van der Waals surface area (Å²) in [7, 11) is 0. The fraction of sp³-hybridized carbons (Fsp3) is 0.111. The highest BCUT2D eigenvalue weighted by molar-refractivity contribution is 6.20. The highest BCUT2D eigenvalue weighted by atomic mass is 16.2. The van der Waals surface area contributed by atoms with Crippen molar-refractivity contribution in [2.75, 3.05) is 16.8 Å². The number of imide groups is 1. The van der Waals surface area contributed by atoms with E-state index >= 15 is 0 Å². The maximum atomic E-state index is 12.3. The number of rotatable bonds is 4. The molecule has 26 heavy (non-hydrogen) atoms. The average molecular weight is 349 g/mol. The first-order chi connectivity index (χ1) is 12.6. The SMILES string of the molecule is O=C(Cc1ccccc1)Nc1n[nH]c2ccc(N3C(=O)CNC3=O)cc12. The zero-order chi connectivity index (χ0) is 18.1. The quantitative estimate of drug-likeness (QED) is 0.624. The van der Waals surface area contributed by atoms with Crippen molar-refractivity contribution in [1.82, 2.24) is 15.5 Å².